The zero-order chi connectivity index (χ0) is 19.6. The van der Waals surface area contributed by atoms with Crippen LogP contribution in [0.25, 0.3) is 11.1 Å². The van der Waals surface area contributed by atoms with Gasteiger partial charge in [0, 0.05) is 24.6 Å². The first-order chi connectivity index (χ1) is 12.8. The van der Waals surface area contributed by atoms with Crippen LogP contribution in [0, 0.1) is 5.92 Å². The molecule has 0 unspecified atom stereocenters. The van der Waals surface area contributed by atoms with Crippen molar-refractivity contribution in [3.63, 3.8) is 0 Å². The van der Waals surface area contributed by atoms with Crippen LogP contribution in [0.4, 0.5) is 13.2 Å². The molecule has 0 atom stereocenters. The maximum atomic E-state index is 13.0. The van der Waals surface area contributed by atoms with E-state index in [9.17, 15) is 18.0 Å². The van der Waals surface area contributed by atoms with E-state index in [4.69, 9.17) is 18.0 Å². The van der Waals surface area contributed by atoms with E-state index in [-0.39, 0.29) is 11.8 Å². The molecular weight excluding hydrogens is 373 g/mol. The normalized spacial score (nSPS) is 15.6. The van der Waals surface area contributed by atoms with E-state index < -0.39 is 11.7 Å². The Morgan fingerprint density at radius 1 is 1.04 bits per heavy atom. The molecular formula is C20H19F3N2OS. The largest absolute Gasteiger partial charge is 0.416 e. The third-order valence-corrected chi connectivity index (χ3v) is 5.20. The van der Waals surface area contributed by atoms with E-state index in [2.05, 4.69) is 0 Å². The van der Waals surface area contributed by atoms with Crippen molar-refractivity contribution in [2.75, 3.05) is 13.1 Å². The minimum atomic E-state index is -4.39. The minimum absolute atomic E-state index is 0.133. The smallest absolute Gasteiger partial charge is 0.393 e. The van der Waals surface area contributed by atoms with Crippen molar-refractivity contribution >= 4 is 23.1 Å². The number of rotatable bonds is 3. The second-order valence-electron chi connectivity index (χ2n) is 6.59. The number of amides is 1. The molecule has 1 saturated heterocycles. The Labute approximate surface area is 161 Å². The van der Waals surface area contributed by atoms with Gasteiger partial charge in [-0.25, -0.2) is 0 Å². The molecule has 0 aromatic heterocycles. The number of carbonyl (C=O) groups is 1. The van der Waals surface area contributed by atoms with Crippen LogP contribution in [0.15, 0.2) is 48.5 Å². The molecule has 3 nitrogen and oxygen atoms in total. The second kappa shape index (κ2) is 7.68. The zero-order valence-corrected chi connectivity index (χ0v) is 15.3. The average molecular weight is 392 g/mol. The Morgan fingerprint density at radius 3 is 2.19 bits per heavy atom. The van der Waals surface area contributed by atoms with Crippen LogP contribution in [0.3, 0.4) is 0 Å². The van der Waals surface area contributed by atoms with Crippen molar-refractivity contribution < 1.29 is 18.0 Å². The van der Waals surface area contributed by atoms with Gasteiger partial charge in [0.05, 0.1) is 10.6 Å². The summed E-state index contributed by atoms with van der Waals surface area (Å²) >= 11 is 5.03. The van der Waals surface area contributed by atoms with Crippen LogP contribution in [-0.4, -0.2) is 28.9 Å². The number of likely N-dealkylation sites (tertiary alicyclic amines) is 1. The van der Waals surface area contributed by atoms with Gasteiger partial charge in [-0.1, -0.05) is 42.5 Å². The molecule has 0 saturated carbocycles. The van der Waals surface area contributed by atoms with E-state index in [0.29, 0.717) is 34.8 Å². The highest BCUT2D eigenvalue weighted by Crippen LogP contribution is 2.32. The zero-order valence-electron chi connectivity index (χ0n) is 14.5. The first kappa shape index (κ1) is 19.4. The van der Waals surface area contributed by atoms with Gasteiger partial charge in [0.15, 0.2) is 0 Å². The Bertz CT molecular complexity index is 841. The first-order valence-corrected chi connectivity index (χ1v) is 9.03. The number of benzene rings is 2. The molecule has 0 bridgehead atoms. The molecule has 7 heteroatoms. The quantitative estimate of drug-likeness (QED) is 0.782. The summed E-state index contributed by atoms with van der Waals surface area (Å²) in [6.07, 6.45) is -2.94. The maximum Gasteiger partial charge on any atom is 0.416 e. The van der Waals surface area contributed by atoms with Gasteiger partial charge in [-0.2, -0.15) is 13.2 Å². The SMILES string of the molecule is NC(=S)C1CCN(C(=O)c2ccccc2-c2ccc(C(F)(F)F)cc2)CC1. The van der Waals surface area contributed by atoms with Crippen LogP contribution in [0.5, 0.6) is 0 Å². The first-order valence-electron chi connectivity index (χ1n) is 8.62. The van der Waals surface area contributed by atoms with Crippen molar-refractivity contribution in [2.24, 2.45) is 11.7 Å². The Morgan fingerprint density at radius 2 is 1.63 bits per heavy atom. The molecule has 0 aliphatic carbocycles. The lowest BCUT2D eigenvalue weighted by molar-refractivity contribution is -0.137. The average Bonchev–Trinajstić information content (AvgIpc) is 2.67. The van der Waals surface area contributed by atoms with Crippen molar-refractivity contribution in [3.8, 4) is 11.1 Å². The molecule has 3 rings (SSSR count). The number of nitrogens with zero attached hydrogens (tertiary/aromatic N) is 1. The summed E-state index contributed by atoms with van der Waals surface area (Å²) in [6.45, 7) is 1.12. The van der Waals surface area contributed by atoms with Crippen molar-refractivity contribution in [1.82, 2.24) is 4.90 Å². The summed E-state index contributed by atoms with van der Waals surface area (Å²) in [6, 6.07) is 11.8. The minimum Gasteiger partial charge on any atom is -0.393 e. The number of hydrogen-bond donors (Lipinski definition) is 1. The monoisotopic (exact) mass is 392 g/mol. The summed E-state index contributed by atoms with van der Waals surface area (Å²) in [5.41, 5.74) is 6.65. The standard InChI is InChI=1S/C20H19F3N2OS/c21-20(22,23)15-7-5-13(6-8-15)16-3-1-2-4-17(16)19(26)25-11-9-14(10-12-25)18(24)27/h1-8,14H,9-12H2,(H2,24,27). The highest BCUT2D eigenvalue weighted by Gasteiger charge is 2.30. The molecule has 0 spiro atoms. The molecule has 1 aliphatic heterocycles. The topological polar surface area (TPSA) is 46.3 Å². The lowest BCUT2D eigenvalue weighted by atomic mass is 9.94. The van der Waals surface area contributed by atoms with Gasteiger partial charge in [-0.05, 0) is 42.2 Å². The fourth-order valence-corrected chi connectivity index (χ4v) is 3.53. The van der Waals surface area contributed by atoms with Crippen LogP contribution < -0.4 is 5.73 Å². The lowest BCUT2D eigenvalue weighted by Gasteiger charge is -2.32. The molecule has 142 valence electrons. The molecule has 1 heterocycles. The van der Waals surface area contributed by atoms with Crippen molar-refractivity contribution in [2.45, 2.75) is 19.0 Å². The highest BCUT2D eigenvalue weighted by molar-refractivity contribution is 7.80. The third kappa shape index (κ3) is 4.30. The summed E-state index contributed by atoms with van der Waals surface area (Å²) in [4.78, 5) is 15.2. The molecule has 0 radical (unpaired) electrons. The summed E-state index contributed by atoms with van der Waals surface area (Å²) in [7, 11) is 0. The summed E-state index contributed by atoms with van der Waals surface area (Å²) < 4.78 is 38.3. The van der Waals surface area contributed by atoms with E-state index in [1.807, 2.05) is 0 Å². The Kier molecular flexibility index (Phi) is 5.51. The molecule has 27 heavy (non-hydrogen) atoms. The molecule has 2 aromatic rings. The van der Waals surface area contributed by atoms with E-state index in [1.54, 1.807) is 29.2 Å². The fraction of sp³-hybridized carbons (Fsp3) is 0.300. The van der Waals surface area contributed by atoms with Gasteiger partial charge in [0.2, 0.25) is 0 Å². The van der Waals surface area contributed by atoms with Gasteiger partial charge < -0.3 is 10.6 Å². The van der Waals surface area contributed by atoms with E-state index >= 15 is 0 Å². The number of halogens is 3. The predicted octanol–water partition coefficient (Wildman–Crippen LogP) is 4.51. The number of hydrogen-bond acceptors (Lipinski definition) is 2. The Balaban J connectivity index is 1.84. The van der Waals surface area contributed by atoms with Crippen molar-refractivity contribution in [1.29, 1.82) is 0 Å². The number of alkyl halides is 3. The maximum absolute atomic E-state index is 13.0. The number of carbonyl (C=O) groups excluding carboxylic acids is 1. The van der Waals surface area contributed by atoms with Crippen LogP contribution in [-0.2, 0) is 6.18 Å². The predicted molar refractivity (Wildman–Crippen MR) is 102 cm³/mol. The molecule has 2 N–H and O–H groups in total. The van der Waals surface area contributed by atoms with Gasteiger partial charge >= 0.3 is 6.18 Å². The molecule has 1 fully saturated rings. The molecule has 2 aromatic carbocycles. The molecule has 1 aliphatic rings. The summed E-state index contributed by atoms with van der Waals surface area (Å²) in [5, 5.41) is 0. The van der Waals surface area contributed by atoms with E-state index in [1.165, 1.54) is 12.1 Å². The van der Waals surface area contributed by atoms with Gasteiger partial charge in [-0.3, -0.25) is 4.79 Å². The van der Waals surface area contributed by atoms with Crippen LogP contribution in [0.1, 0.15) is 28.8 Å². The number of thiocarbonyl (C=S) groups is 1. The number of piperidine rings is 1. The third-order valence-electron chi connectivity index (χ3n) is 4.87. The molecule has 1 amide bonds. The highest BCUT2D eigenvalue weighted by atomic mass is 32.1. The second-order valence-corrected chi connectivity index (χ2v) is 7.06. The van der Waals surface area contributed by atoms with Crippen LogP contribution >= 0.6 is 12.2 Å². The Hall–Kier alpha value is -2.41. The van der Waals surface area contributed by atoms with Crippen molar-refractivity contribution in [3.05, 3.63) is 59.7 Å². The van der Waals surface area contributed by atoms with E-state index in [0.717, 1.165) is 25.0 Å². The summed E-state index contributed by atoms with van der Waals surface area (Å²) in [5.74, 6) is 0.0149. The number of nitrogens with two attached hydrogens (primary N) is 1. The van der Waals surface area contributed by atoms with Gasteiger partial charge in [-0.15, -0.1) is 0 Å². The van der Waals surface area contributed by atoms with Gasteiger partial charge in [0.1, 0.15) is 0 Å². The van der Waals surface area contributed by atoms with Crippen LogP contribution in [0.2, 0.25) is 0 Å². The fourth-order valence-electron chi connectivity index (χ4n) is 3.30. The van der Waals surface area contributed by atoms with Gasteiger partial charge in [0.25, 0.3) is 5.91 Å². The lowest BCUT2D eigenvalue weighted by Crippen LogP contribution is -2.41.